The number of hydrogen-bond donors (Lipinski definition) is 1. The summed E-state index contributed by atoms with van der Waals surface area (Å²) in [5.41, 5.74) is 4.40. The SMILES string of the molecule is COc1cc2c3c(c1[O-])-c1c(ccc(OC)c1O)C[C@@H]3[N+](C)(C)CC2. The van der Waals surface area contributed by atoms with E-state index in [1.54, 1.807) is 6.07 Å². The van der Waals surface area contributed by atoms with Gasteiger partial charge in [-0.3, -0.25) is 0 Å². The van der Waals surface area contributed by atoms with Gasteiger partial charge in [-0.05, 0) is 28.8 Å². The molecular weight excluding hydrogens is 318 g/mol. The first-order valence-electron chi connectivity index (χ1n) is 8.51. The maximum absolute atomic E-state index is 13.1. The van der Waals surface area contributed by atoms with Crippen LogP contribution in [0, 0.1) is 0 Å². The van der Waals surface area contributed by atoms with Crippen LogP contribution in [0.2, 0.25) is 0 Å². The molecule has 0 unspecified atom stereocenters. The number of quaternary nitrogens is 1. The summed E-state index contributed by atoms with van der Waals surface area (Å²) in [6, 6.07) is 5.82. The van der Waals surface area contributed by atoms with E-state index in [2.05, 4.69) is 14.1 Å². The predicted molar refractivity (Wildman–Crippen MR) is 93.2 cm³/mol. The standard InChI is InChI=1S/C20H23NO4/c1-21(2)8-7-12-10-15(25-4)20(23)18-16(12)13(21)9-11-5-6-14(24-3)19(22)17(11)18/h5-6,10,13H,7-9H2,1-4H3,(H-,22,23)/t13-/m0/s1. The van der Waals surface area contributed by atoms with Gasteiger partial charge in [-0.25, -0.2) is 0 Å². The number of methoxy groups -OCH3 is 2. The number of hydrogen-bond acceptors (Lipinski definition) is 4. The number of fused-ring (bicyclic) bond motifs is 2. The highest BCUT2D eigenvalue weighted by molar-refractivity contribution is 5.87. The monoisotopic (exact) mass is 341 g/mol. The van der Waals surface area contributed by atoms with Crippen molar-refractivity contribution in [3.05, 3.63) is 34.9 Å². The lowest BCUT2D eigenvalue weighted by molar-refractivity contribution is -0.923. The molecule has 1 atom stereocenters. The molecule has 5 heteroatoms. The highest BCUT2D eigenvalue weighted by atomic mass is 16.5. The van der Waals surface area contributed by atoms with E-state index in [4.69, 9.17) is 9.47 Å². The zero-order valence-electron chi connectivity index (χ0n) is 15.0. The lowest BCUT2D eigenvalue weighted by Gasteiger charge is -2.47. The molecule has 2 aromatic rings. The summed E-state index contributed by atoms with van der Waals surface area (Å²) in [5.74, 6) is 0.618. The van der Waals surface area contributed by atoms with Crippen LogP contribution in [0.25, 0.3) is 11.1 Å². The van der Waals surface area contributed by atoms with E-state index in [1.165, 1.54) is 14.2 Å². The average Bonchev–Trinajstić information content (AvgIpc) is 2.59. The molecular formula is C20H23NO4. The lowest BCUT2D eigenvalue weighted by atomic mass is 9.75. The molecule has 0 saturated carbocycles. The van der Waals surface area contributed by atoms with Crippen LogP contribution < -0.4 is 14.6 Å². The molecule has 2 aromatic carbocycles. The van der Waals surface area contributed by atoms with Crippen LogP contribution in [-0.2, 0) is 12.8 Å². The van der Waals surface area contributed by atoms with Crippen molar-refractivity contribution in [3.8, 4) is 34.1 Å². The molecule has 0 amide bonds. The molecule has 0 bridgehead atoms. The van der Waals surface area contributed by atoms with Gasteiger partial charge in [-0.2, -0.15) is 0 Å². The van der Waals surface area contributed by atoms with Crippen molar-refractivity contribution in [2.45, 2.75) is 18.9 Å². The van der Waals surface area contributed by atoms with Crippen molar-refractivity contribution in [1.29, 1.82) is 0 Å². The predicted octanol–water partition coefficient (Wildman–Crippen LogP) is 2.38. The van der Waals surface area contributed by atoms with Crippen LogP contribution in [0.5, 0.6) is 23.0 Å². The fraction of sp³-hybridized carbons (Fsp3) is 0.400. The van der Waals surface area contributed by atoms with Crippen LogP contribution in [0.15, 0.2) is 18.2 Å². The van der Waals surface area contributed by atoms with E-state index in [0.717, 1.165) is 40.6 Å². The van der Waals surface area contributed by atoms with Crippen molar-refractivity contribution < 1.29 is 24.2 Å². The highest BCUT2D eigenvalue weighted by Crippen LogP contribution is 2.55. The first-order chi connectivity index (χ1) is 11.9. The second-order valence-corrected chi connectivity index (χ2v) is 7.48. The van der Waals surface area contributed by atoms with Gasteiger partial charge in [0.15, 0.2) is 11.5 Å². The second-order valence-electron chi connectivity index (χ2n) is 7.48. The second kappa shape index (κ2) is 5.30. The number of benzene rings is 2. The number of nitrogens with zero attached hydrogens (tertiary/aromatic N) is 1. The Labute approximate surface area is 147 Å². The van der Waals surface area contributed by atoms with Crippen LogP contribution in [-0.4, -0.2) is 44.4 Å². The van der Waals surface area contributed by atoms with Crippen LogP contribution in [0.3, 0.4) is 0 Å². The number of rotatable bonds is 2. The quantitative estimate of drug-likeness (QED) is 0.852. The molecule has 5 nitrogen and oxygen atoms in total. The molecule has 1 aliphatic carbocycles. The van der Waals surface area contributed by atoms with Gasteiger partial charge in [0.2, 0.25) is 0 Å². The van der Waals surface area contributed by atoms with Crippen molar-refractivity contribution in [2.75, 3.05) is 34.9 Å². The minimum absolute atomic E-state index is 0.0434. The highest BCUT2D eigenvalue weighted by Gasteiger charge is 2.42. The van der Waals surface area contributed by atoms with E-state index in [1.807, 2.05) is 12.1 Å². The Balaban J connectivity index is 2.11. The summed E-state index contributed by atoms with van der Waals surface area (Å²) < 4.78 is 11.5. The van der Waals surface area contributed by atoms with Gasteiger partial charge >= 0.3 is 0 Å². The maximum atomic E-state index is 13.1. The van der Waals surface area contributed by atoms with E-state index in [9.17, 15) is 10.2 Å². The molecule has 0 fully saturated rings. The van der Waals surface area contributed by atoms with E-state index < -0.39 is 0 Å². The third-order valence-corrected chi connectivity index (χ3v) is 5.84. The normalized spacial score (nSPS) is 19.8. The van der Waals surface area contributed by atoms with Gasteiger partial charge in [0.1, 0.15) is 11.8 Å². The minimum atomic E-state index is -0.155. The maximum Gasteiger partial charge on any atom is 0.165 e. The Morgan fingerprint density at radius 3 is 2.48 bits per heavy atom. The third kappa shape index (κ3) is 2.12. The van der Waals surface area contributed by atoms with Gasteiger partial charge in [0, 0.05) is 24.0 Å². The largest absolute Gasteiger partial charge is 0.870 e. The summed E-state index contributed by atoms with van der Waals surface area (Å²) in [6.07, 6.45) is 1.69. The van der Waals surface area contributed by atoms with Crippen LogP contribution in [0.1, 0.15) is 22.7 Å². The fourth-order valence-electron chi connectivity index (χ4n) is 4.39. The number of phenolic OH excluding ortho intramolecular Hbond substituents is 1. The zero-order valence-corrected chi connectivity index (χ0v) is 15.0. The number of aromatic hydroxyl groups is 1. The number of likely N-dealkylation sites (N-methyl/N-ethyl adjacent to an activating group) is 1. The van der Waals surface area contributed by atoms with Crippen molar-refractivity contribution in [1.82, 2.24) is 0 Å². The molecule has 1 N–H and O–H groups in total. The van der Waals surface area contributed by atoms with Crippen molar-refractivity contribution in [2.24, 2.45) is 0 Å². The first kappa shape index (κ1) is 16.1. The smallest absolute Gasteiger partial charge is 0.165 e. The summed E-state index contributed by atoms with van der Waals surface area (Å²) in [7, 11) is 7.46. The molecule has 0 spiro atoms. The summed E-state index contributed by atoms with van der Waals surface area (Å²) in [6.45, 7) is 1.01. The van der Waals surface area contributed by atoms with E-state index in [-0.39, 0.29) is 17.5 Å². The van der Waals surface area contributed by atoms with Gasteiger partial charge in [0.25, 0.3) is 0 Å². The van der Waals surface area contributed by atoms with Crippen LogP contribution >= 0.6 is 0 Å². The summed E-state index contributed by atoms with van der Waals surface area (Å²) >= 11 is 0. The first-order valence-corrected chi connectivity index (χ1v) is 8.51. The minimum Gasteiger partial charge on any atom is -0.870 e. The molecule has 2 aliphatic rings. The Kier molecular flexibility index (Phi) is 3.41. The fourth-order valence-corrected chi connectivity index (χ4v) is 4.39. The van der Waals surface area contributed by atoms with Gasteiger partial charge in [-0.15, -0.1) is 0 Å². The molecule has 0 saturated heterocycles. The third-order valence-electron chi connectivity index (χ3n) is 5.84. The molecule has 0 radical (unpaired) electrons. The topological polar surface area (TPSA) is 61.8 Å². The van der Waals surface area contributed by atoms with Gasteiger partial charge in [-0.1, -0.05) is 11.8 Å². The Bertz CT molecular complexity index is 873. The Morgan fingerprint density at radius 1 is 1.08 bits per heavy atom. The van der Waals surface area contributed by atoms with Crippen LogP contribution in [0.4, 0.5) is 0 Å². The Morgan fingerprint density at radius 2 is 1.80 bits per heavy atom. The van der Waals surface area contributed by atoms with E-state index in [0.29, 0.717) is 22.6 Å². The molecule has 4 rings (SSSR count). The van der Waals surface area contributed by atoms with Crippen molar-refractivity contribution >= 4 is 0 Å². The summed E-state index contributed by atoms with van der Waals surface area (Å²) in [4.78, 5) is 0. The number of phenols is 1. The molecule has 25 heavy (non-hydrogen) atoms. The average molecular weight is 341 g/mol. The van der Waals surface area contributed by atoms with Gasteiger partial charge < -0.3 is 24.2 Å². The molecule has 0 aromatic heterocycles. The molecule has 132 valence electrons. The number of ether oxygens (including phenoxy) is 2. The van der Waals surface area contributed by atoms with Gasteiger partial charge in [0.05, 0.1) is 34.9 Å². The summed E-state index contributed by atoms with van der Waals surface area (Å²) in [5, 5.41) is 23.9. The molecule has 1 aliphatic heterocycles. The zero-order chi connectivity index (χ0) is 17.9. The van der Waals surface area contributed by atoms with E-state index >= 15 is 0 Å². The lowest BCUT2D eigenvalue weighted by Crippen LogP contribution is -2.49. The van der Waals surface area contributed by atoms with Crippen molar-refractivity contribution in [3.63, 3.8) is 0 Å². The molecule has 1 heterocycles. The Hall–Kier alpha value is -2.40.